The molecule has 1 aromatic carbocycles. The number of carbonyl (C=O) groups excluding carboxylic acids is 2. The van der Waals surface area contributed by atoms with Gasteiger partial charge in [-0.25, -0.2) is 4.79 Å². The van der Waals surface area contributed by atoms with Crippen molar-refractivity contribution in [3.63, 3.8) is 0 Å². The maximum atomic E-state index is 12.9. The first kappa shape index (κ1) is 20.5. The average Bonchev–Trinajstić information content (AvgIpc) is 3.51. The van der Waals surface area contributed by atoms with E-state index >= 15 is 0 Å². The Hall–Kier alpha value is -2.24. The number of nitrogens with one attached hydrogen (secondary N) is 2. The van der Waals surface area contributed by atoms with E-state index < -0.39 is 17.2 Å². The van der Waals surface area contributed by atoms with Crippen LogP contribution in [-0.4, -0.2) is 36.8 Å². The largest absolute Gasteiger partial charge is 0.497 e. The van der Waals surface area contributed by atoms with Gasteiger partial charge in [0.25, 0.3) is 0 Å². The van der Waals surface area contributed by atoms with Crippen LogP contribution in [0.15, 0.2) is 24.3 Å². The Balaban J connectivity index is 1.55. The third-order valence-electron chi connectivity index (χ3n) is 5.56. The molecular formula is C22H32N2O4. The lowest BCUT2D eigenvalue weighted by Crippen LogP contribution is -2.56. The van der Waals surface area contributed by atoms with E-state index in [1.807, 2.05) is 52.0 Å². The van der Waals surface area contributed by atoms with Crippen molar-refractivity contribution in [3.05, 3.63) is 29.8 Å². The highest BCUT2D eigenvalue weighted by Crippen LogP contribution is 2.48. The second-order valence-electron chi connectivity index (χ2n) is 9.26. The van der Waals surface area contributed by atoms with Crippen molar-refractivity contribution in [1.82, 2.24) is 10.6 Å². The van der Waals surface area contributed by atoms with E-state index in [0.29, 0.717) is 12.5 Å². The lowest BCUT2D eigenvalue weighted by molar-refractivity contribution is -0.124. The average molecular weight is 389 g/mol. The van der Waals surface area contributed by atoms with Crippen LogP contribution in [0.4, 0.5) is 4.79 Å². The van der Waals surface area contributed by atoms with E-state index in [0.717, 1.165) is 25.0 Å². The molecule has 0 radical (unpaired) electrons. The van der Waals surface area contributed by atoms with Crippen LogP contribution in [-0.2, 0) is 9.53 Å². The molecule has 0 aliphatic heterocycles. The first-order valence-corrected chi connectivity index (χ1v) is 10.0. The van der Waals surface area contributed by atoms with Crippen LogP contribution < -0.4 is 15.4 Å². The molecule has 6 heteroatoms. The van der Waals surface area contributed by atoms with E-state index in [1.54, 1.807) is 7.11 Å². The third kappa shape index (κ3) is 5.18. The monoisotopic (exact) mass is 388 g/mol. The van der Waals surface area contributed by atoms with Crippen molar-refractivity contribution in [1.29, 1.82) is 0 Å². The number of carbonyl (C=O) groups is 2. The lowest BCUT2D eigenvalue weighted by Gasteiger charge is -2.32. The Morgan fingerprint density at radius 1 is 1.11 bits per heavy atom. The molecule has 3 atom stereocenters. The molecule has 3 unspecified atom stereocenters. The van der Waals surface area contributed by atoms with Crippen LogP contribution in [0.5, 0.6) is 5.75 Å². The second kappa shape index (κ2) is 7.64. The van der Waals surface area contributed by atoms with Crippen LogP contribution in [0.2, 0.25) is 0 Å². The van der Waals surface area contributed by atoms with Gasteiger partial charge in [0, 0.05) is 12.5 Å². The van der Waals surface area contributed by atoms with E-state index in [4.69, 9.17) is 9.47 Å². The van der Waals surface area contributed by atoms with Crippen LogP contribution in [0, 0.1) is 11.8 Å². The molecule has 1 aromatic rings. The number of hydrogen-bond donors (Lipinski definition) is 2. The van der Waals surface area contributed by atoms with E-state index in [9.17, 15) is 9.59 Å². The lowest BCUT2D eigenvalue weighted by atomic mass is 9.95. The van der Waals surface area contributed by atoms with Gasteiger partial charge in [-0.3, -0.25) is 4.79 Å². The zero-order valence-corrected chi connectivity index (χ0v) is 17.5. The van der Waals surface area contributed by atoms with Crippen molar-refractivity contribution in [2.45, 2.75) is 64.0 Å². The van der Waals surface area contributed by atoms with Crippen molar-refractivity contribution < 1.29 is 19.1 Å². The molecule has 0 saturated heterocycles. The van der Waals surface area contributed by atoms with Gasteiger partial charge in [0.05, 0.1) is 12.6 Å². The van der Waals surface area contributed by atoms with E-state index in [2.05, 4.69) is 10.6 Å². The summed E-state index contributed by atoms with van der Waals surface area (Å²) < 4.78 is 10.5. The molecule has 0 bridgehead atoms. The summed E-state index contributed by atoms with van der Waals surface area (Å²) in [5, 5.41) is 6.06. The summed E-state index contributed by atoms with van der Waals surface area (Å²) in [4.78, 5) is 24.9. The normalized spacial score (nSPS) is 23.3. The zero-order chi connectivity index (χ0) is 20.5. The summed E-state index contributed by atoms with van der Waals surface area (Å²) in [6.45, 7) is 7.89. The third-order valence-corrected chi connectivity index (χ3v) is 5.56. The van der Waals surface area contributed by atoms with Crippen molar-refractivity contribution in [2.75, 3.05) is 13.7 Å². The van der Waals surface area contributed by atoms with Gasteiger partial charge in [0.2, 0.25) is 5.91 Å². The highest BCUT2D eigenvalue weighted by molar-refractivity contribution is 5.83. The Morgan fingerprint density at radius 3 is 2.29 bits per heavy atom. The SMILES string of the molecule is COc1ccc(C2CC2C(=O)NC(C)(CNC(=O)OC(C)(C)C)C2CC2)cc1. The maximum absolute atomic E-state index is 12.9. The predicted octanol–water partition coefficient (Wildman–Crippen LogP) is 3.61. The molecule has 3 rings (SSSR count). The molecule has 2 aliphatic rings. The van der Waals surface area contributed by atoms with Gasteiger partial charge in [-0.1, -0.05) is 12.1 Å². The molecule has 0 spiro atoms. The number of methoxy groups -OCH3 is 1. The minimum Gasteiger partial charge on any atom is -0.497 e. The number of benzene rings is 1. The van der Waals surface area contributed by atoms with Crippen LogP contribution >= 0.6 is 0 Å². The minimum absolute atomic E-state index is 0.00648. The Morgan fingerprint density at radius 2 is 1.75 bits per heavy atom. The number of amides is 2. The fraction of sp³-hybridized carbons (Fsp3) is 0.636. The summed E-state index contributed by atoms with van der Waals surface area (Å²) >= 11 is 0. The van der Waals surface area contributed by atoms with Crippen molar-refractivity contribution in [3.8, 4) is 5.75 Å². The zero-order valence-electron chi connectivity index (χ0n) is 17.5. The standard InChI is InChI=1S/C22H32N2O4/c1-21(2,3)28-20(26)23-13-22(4,15-8-9-15)24-19(25)18-12-17(18)14-6-10-16(27-5)11-7-14/h6-7,10-11,15,17-18H,8-9,12-13H2,1-5H3,(H,23,26)(H,24,25). The number of hydrogen-bond acceptors (Lipinski definition) is 4. The molecule has 2 N–H and O–H groups in total. The molecule has 28 heavy (non-hydrogen) atoms. The molecule has 154 valence electrons. The van der Waals surface area contributed by atoms with Crippen LogP contribution in [0.3, 0.4) is 0 Å². The number of alkyl carbamates (subject to hydrolysis) is 1. The van der Waals surface area contributed by atoms with Gasteiger partial charge in [0.15, 0.2) is 0 Å². The van der Waals surface area contributed by atoms with Gasteiger partial charge in [-0.2, -0.15) is 0 Å². The van der Waals surface area contributed by atoms with Crippen LogP contribution in [0.1, 0.15) is 58.4 Å². The molecule has 2 amide bonds. The number of ether oxygens (including phenoxy) is 2. The van der Waals surface area contributed by atoms with Gasteiger partial charge < -0.3 is 20.1 Å². The van der Waals surface area contributed by atoms with E-state index in [1.165, 1.54) is 5.56 Å². The first-order chi connectivity index (χ1) is 13.1. The summed E-state index contributed by atoms with van der Waals surface area (Å²) in [7, 11) is 1.65. The van der Waals surface area contributed by atoms with Crippen molar-refractivity contribution in [2.24, 2.45) is 11.8 Å². The topological polar surface area (TPSA) is 76.7 Å². The van der Waals surface area contributed by atoms with E-state index in [-0.39, 0.29) is 17.7 Å². The summed E-state index contributed by atoms with van der Waals surface area (Å²) in [5.41, 5.74) is 0.185. The quantitative estimate of drug-likeness (QED) is 0.748. The summed E-state index contributed by atoms with van der Waals surface area (Å²) in [6, 6.07) is 7.92. The van der Waals surface area contributed by atoms with Crippen LogP contribution in [0.25, 0.3) is 0 Å². The minimum atomic E-state index is -0.539. The Kier molecular flexibility index (Phi) is 5.60. The van der Waals surface area contributed by atoms with Crippen molar-refractivity contribution >= 4 is 12.0 Å². The molecular weight excluding hydrogens is 356 g/mol. The van der Waals surface area contributed by atoms with Gasteiger partial charge in [-0.05, 0) is 76.5 Å². The summed E-state index contributed by atoms with van der Waals surface area (Å²) in [6.07, 6.45) is 2.55. The Labute approximate surface area is 167 Å². The predicted molar refractivity (Wildman–Crippen MR) is 107 cm³/mol. The second-order valence-corrected chi connectivity index (χ2v) is 9.26. The molecule has 0 aromatic heterocycles. The maximum Gasteiger partial charge on any atom is 0.407 e. The summed E-state index contributed by atoms with van der Waals surface area (Å²) in [5.74, 6) is 1.53. The molecule has 2 aliphatic carbocycles. The fourth-order valence-electron chi connectivity index (χ4n) is 3.66. The highest BCUT2D eigenvalue weighted by Gasteiger charge is 2.49. The molecule has 2 saturated carbocycles. The Bertz CT molecular complexity index is 721. The molecule has 6 nitrogen and oxygen atoms in total. The fourth-order valence-corrected chi connectivity index (χ4v) is 3.66. The van der Waals surface area contributed by atoms with Gasteiger partial charge >= 0.3 is 6.09 Å². The first-order valence-electron chi connectivity index (χ1n) is 10.0. The smallest absolute Gasteiger partial charge is 0.407 e. The van der Waals surface area contributed by atoms with Gasteiger partial charge in [-0.15, -0.1) is 0 Å². The number of rotatable bonds is 7. The van der Waals surface area contributed by atoms with Gasteiger partial charge in [0.1, 0.15) is 11.4 Å². The molecule has 2 fully saturated rings. The molecule has 0 heterocycles. The highest BCUT2D eigenvalue weighted by atomic mass is 16.6.